The Bertz CT molecular complexity index is 617. The Morgan fingerprint density at radius 1 is 1.40 bits per heavy atom. The number of carbonyl (C=O) groups excluding carboxylic acids is 1. The average Bonchev–Trinajstić information content (AvgIpc) is 2.78. The van der Waals surface area contributed by atoms with E-state index >= 15 is 0 Å². The van der Waals surface area contributed by atoms with Gasteiger partial charge >= 0.3 is 5.97 Å². The van der Waals surface area contributed by atoms with Crippen LogP contribution in [0.4, 0.5) is 0 Å². The van der Waals surface area contributed by atoms with Gasteiger partial charge in [-0.1, -0.05) is 0 Å². The minimum Gasteiger partial charge on any atom is -0.495 e. The maximum atomic E-state index is 11.9. The molecule has 0 aromatic carbocycles. The number of carbonyl (C=O) groups is 1. The number of methoxy groups -OCH3 is 1. The van der Waals surface area contributed by atoms with Gasteiger partial charge in [0.15, 0.2) is 0 Å². The van der Waals surface area contributed by atoms with Crippen LogP contribution in [0.3, 0.4) is 0 Å². The summed E-state index contributed by atoms with van der Waals surface area (Å²) in [5, 5.41) is 0.971. The lowest BCUT2D eigenvalue weighted by Crippen LogP contribution is -2.29. The molecule has 2 heterocycles. The first-order valence-electron chi connectivity index (χ1n) is 6.65. The number of ether oxygens (including phenoxy) is 2. The van der Waals surface area contributed by atoms with Crippen LogP contribution < -0.4 is 4.74 Å². The van der Waals surface area contributed by atoms with Crippen molar-refractivity contribution in [3.8, 4) is 5.75 Å². The van der Waals surface area contributed by atoms with Gasteiger partial charge in [0.2, 0.25) is 0 Å². The van der Waals surface area contributed by atoms with Gasteiger partial charge in [-0.2, -0.15) is 0 Å². The SMILES string of the molecule is CCOC(=O)C(C)(C)Cc1cc2cc(OC)cnc2[nH]1. The Morgan fingerprint density at radius 3 is 2.80 bits per heavy atom. The summed E-state index contributed by atoms with van der Waals surface area (Å²) >= 11 is 0. The monoisotopic (exact) mass is 276 g/mol. The minimum absolute atomic E-state index is 0.191. The Labute approximate surface area is 118 Å². The molecule has 0 amide bonds. The zero-order chi connectivity index (χ0) is 14.8. The van der Waals surface area contributed by atoms with Gasteiger partial charge in [0.25, 0.3) is 0 Å². The molecule has 2 aromatic heterocycles. The van der Waals surface area contributed by atoms with Gasteiger partial charge in [0.1, 0.15) is 11.4 Å². The van der Waals surface area contributed by atoms with Gasteiger partial charge in [-0.3, -0.25) is 4.79 Å². The Hall–Kier alpha value is -2.04. The van der Waals surface area contributed by atoms with Gasteiger partial charge < -0.3 is 14.5 Å². The first-order chi connectivity index (χ1) is 9.46. The zero-order valence-corrected chi connectivity index (χ0v) is 12.3. The number of aromatic nitrogens is 2. The van der Waals surface area contributed by atoms with Crippen molar-refractivity contribution in [2.24, 2.45) is 5.41 Å². The highest BCUT2D eigenvalue weighted by Gasteiger charge is 2.30. The van der Waals surface area contributed by atoms with Crippen molar-refractivity contribution in [1.29, 1.82) is 0 Å². The third-order valence-electron chi connectivity index (χ3n) is 3.20. The van der Waals surface area contributed by atoms with Crippen molar-refractivity contribution in [3.63, 3.8) is 0 Å². The molecule has 0 unspecified atom stereocenters. The van der Waals surface area contributed by atoms with E-state index in [2.05, 4.69) is 9.97 Å². The average molecular weight is 276 g/mol. The summed E-state index contributed by atoms with van der Waals surface area (Å²) in [6, 6.07) is 3.91. The lowest BCUT2D eigenvalue weighted by Gasteiger charge is -2.21. The van der Waals surface area contributed by atoms with E-state index in [-0.39, 0.29) is 5.97 Å². The van der Waals surface area contributed by atoms with Crippen LogP contribution in [0.25, 0.3) is 11.0 Å². The number of H-pyrrole nitrogens is 1. The number of nitrogens with one attached hydrogen (secondary N) is 1. The van der Waals surface area contributed by atoms with Crippen molar-refractivity contribution >= 4 is 17.0 Å². The maximum Gasteiger partial charge on any atom is 0.311 e. The van der Waals surface area contributed by atoms with E-state index in [0.29, 0.717) is 18.8 Å². The van der Waals surface area contributed by atoms with Crippen molar-refractivity contribution in [1.82, 2.24) is 9.97 Å². The van der Waals surface area contributed by atoms with E-state index in [9.17, 15) is 4.79 Å². The molecule has 0 aliphatic carbocycles. The second kappa shape index (κ2) is 5.53. The Morgan fingerprint density at radius 2 is 2.15 bits per heavy atom. The highest BCUT2D eigenvalue weighted by molar-refractivity contribution is 5.79. The summed E-state index contributed by atoms with van der Waals surface area (Å²) in [4.78, 5) is 19.4. The smallest absolute Gasteiger partial charge is 0.311 e. The summed E-state index contributed by atoms with van der Waals surface area (Å²) in [5.41, 5.74) is 1.18. The summed E-state index contributed by atoms with van der Waals surface area (Å²) in [6.07, 6.45) is 2.24. The predicted molar refractivity (Wildman–Crippen MR) is 76.8 cm³/mol. The molecule has 0 atom stereocenters. The number of hydrogen-bond donors (Lipinski definition) is 1. The number of pyridine rings is 1. The van der Waals surface area contributed by atoms with Crippen LogP contribution in [0.15, 0.2) is 18.3 Å². The normalized spacial score (nSPS) is 11.6. The van der Waals surface area contributed by atoms with Crippen molar-refractivity contribution in [3.05, 3.63) is 24.0 Å². The van der Waals surface area contributed by atoms with Gasteiger partial charge in [-0.15, -0.1) is 0 Å². The predicted octanol–water partition coefficient (Wildman–Crippen LogP) is 2.70. The summed E-state index contributed by atoms with van der Waals surface area (Å²) in [7, 11) is 1.61. The zero-order valence-electron chi connectivity index (χ0n) is 12.3. The first-order valence-corrected chi connectivity index (χ1v) is 6.65. The number of nitrogens with zero attached hydrogens (tertiary/aromatic N) is 1. The van der Waals surface area contributed by atoms with Gasteiger partial charge in [-0.05, 0) is 32.9 Å². The molecule has 2 aromatic rings. The van der Waals surface area contributed by atoms with Crippen molar-refractivity contribution in [2.45, 2.75) is 27.2 Å². The molecule has 0 spiro atoms. The quantitative estimate of drug-likeness (QED) is 0.853. The summed E-state index contributed by atoms with van der Waals surface area (Å²) in [6.45, 7) is 5.97. The van der Waals surface area contributed by atoms with Gasteiger partial charge in [0.05, 0.1) is 25.3 Å². The summed E-state index contributed by atoms with van der Waals surface area (Å²) in [5.74, 6) is 0.525. The molecule has 2 rings (SSSR count). The Balaban J connectivity index is 2.23. The van der Waals surface area contributed by atoms with E-state index in [1.807, 2.05) is 32.9 Å². The number of hydrogen-bond acceptors (Lipinski definition) is 4. The van der Waals surface area contributed by atoms with Crippen LogP contribution in [-0.4, -0.2) is 29.7 Å². The van der Waals surface area contributed by atoms with Crippen molar-refractivity contribution < 1.29 is 14.3 Å². The van der Waals surface area contributed by atoms with Crippen LogP contribution in [0.2, 0.25) is 0 Å². The standard InChI is InChI=1S/C15H20N2O3/c1-5-20-14(18)15(2,3)8-11-6-10-7-12(19-4)9-16-13(10)17-11/h6-7,9H,5,8H2,1-4H3,(H,16,17). The van der Waals surface area contributed by atoms with Crippen LogP contribution >= 0.6 is 0 Å². The summed E-state index contributed by atoms with van der Waals surface area (Å²) < 4.78 is 10.3. The largest absolute Gasteiger partial charge is 0.495 e. The lowest BCUT2D eigenvalue weighted by atomic mass is 9.88. The molecular formula is C15H20N2O3. The van der Waals surface area contributed by atoms with Crippen LogP contribution in [-0.2, 0) is 16.0 Å². The molecule has 5 heteroatoms. The second-order valence-corrected chi connectivity index (χ2v) is 5.39. The Kier molecular flexibility index (Phi) is 3.97. The van der Waals surface area contributed by atoms with E-state index in [1.54, 1.807) is 13.3 Å². The van der Waals surface area contributed by atoms with E-state index in [1.165, 1.54) is 0 Å². The van der Waals surface area contributed by atoms with Gasteiger partial charge in [-0.25, -0.2) is 4.98 Å². The van der Waals surface area contributed by atoms with Crippen LogP contribution in [0, 0.1) is 5.41 Å². The van der Waals surface area contributed by atoms with Crippen molar-refractivity contribution in [2.75, 3.05) is 13.7 Å². The fraction of sp³-hybridized carbons (Fsp3) is 0.467. The molecule has 0 saturated heterocycles. The first kappa shape index (κ1) is 14.4. The minimum atomic E-state index is -0.568. The van der Waals surface area contributed by atoms with Crippen LogP contribution in [0.1, 0.15) is 26.5 Å². The third-order valence-corrected chi connectivity index (χ3v) is 3.20. The molecule has 0 saturated carbocycles. The van der Waals surface area contributed by atoms with Crippen LogP contribution in [0.5, 0.6) is 5.75 Å². The molecule has 0 radical (unpaired) electrons. The molecule has 5 nitrogen and oxygen atoms in total. The molecule has 0 bridgehead atoms. The fourth-order valence-electron chi connectivity index (χ4n) is 2.13. The number of esters is 1. The number of rotatable bonds is 5. The highest BCUT2D eigenvalue weighted by Crippen LogP contribution is 2.26. The van der Waals surface area contributed by atoms with Gasteiger partial charge in [0, 0.05) is 17.5 Å². The molecule has 0 fully saturated rings. The molecule has 1 N–H and O–H groups in total. The van der Waals surface area contributed by atoms with E-state index < -0.39 is 5.41 Å². The molecule has 0 aliphatic heterocycles. The van der Waals surface area contributed by atoms with E-state index in [4.69, 9.17) is 9.47 Å². The number of aromatic amines is 1. The molecular weight excluding hydrogens is 256 g/mol. The maximum absolute atomic E-state index is 11.9. The highest BCUT2D eigenvalue weighted by atomic mass is 16.5. The number of fused-ring (bicyclic) bond motifs is 1. The fourth-order valence-corrected chi connectivity index (χ4v) is 2.13. The molecule has 0 aliphatic rings. The molecule has 108 valence electrons. The second-order valence-electron chi connectivity index (χ2n) is 5.39. The topological polar surface area (TPSA) is 64.2 Å². The molecule has 20 heavy (non-hydrogen) atoms. The lowest BCUT2D eigenvalue weighted by molar-refractivity contribution is -0.153. The van der Waals surface area contributed by atoms with E-state index in [0.717, 1.165) is 16.7 Å². The third kappa shape index (κ3) is 2.92.